The van der Waals surface area contributed by atoms with Gasteiger partial charge in [-0.05, 0) is 25.0 Å². The fourth-order valence-corrected chi connectivity index (χ4v) is 2.49. The number of hydrogen-bond donors (Lipinski definition) is 1. The van der Waals surface area contributed by atoms with E-state index >= 15 is 0 Å². The zero-order valence-electron chi connectivity index (χ0n) is 13.3. The number of nitrogens with one attached hydrogen (secondary N) is 1. The molecule has 0 spiro atoms. The lowest BCUT2D eigenvalue weighted by molar-refractivity contribution is 0.153. The zero-order chi connectivity index (χ0) is 15.1. The average Bonchev–Trinajstić information content (AvgIpc) is 2.90. The Hall–Kier alpha value is -1.75. The highest BCUT2D eigenvalue weighted by Crippen LogP contribution is 2.11. The Kier molecular flexibility index (Phi) is 5.87. The van der Waals surface area contributed by atoms with Gasteiger partial charge in [0.15, 0.2) is 5.96 Å². The molecular weight excluding hydrogens is 264 g/mol. The van der Waals surface area contributed by atoms with Crippen LogP contribution in [0, 0.1) is 0 Å². The van der Waals surface area contributed by atoms with Crippen LogP contribution in [0.15, 0.2) is 35.0 Å². The Balaban J connectivity index is 1.79. The van der Waals surface area contributed by atoms with E-state index in [-0.39, 0.29) is 0 Å². The molecule has 5 nitrogen and oxygen atoms in total. The predicted octanol–water partition coefficient (Wildman–Crippen LogP) is 1.77. The minimum absolute atomic E-state index is 0.761. The first-order valence-electron chi connectivity index (χ1n) is 7.48. The maximum atomic E-state index is 5.33. The minimum Gasteiger partial charge on any atom is -0.377 e. The predicted molar refractivity (Wildman–Crippen MR) is 86.4 cm³/mol. The van der Waals surface area contributed by atoms with Gasteiger partial charge in [-0.15, -0.1) is 0 Å². The molecule has 0 bridgehead atoms. The van der Waals surface area contributed by atoms with Crippen molar-refractivity contribution in [3.8, 4) is 0 Å². The van der Waals surface area contributed by atoms with E-state index < -0.39 is 0 Å². The van der Waals surface area contributed by atoms with Crippen molar-refractivity contribution < 1.29 is 4.74 Å². The fourth-order valence-electron chi connectivity index (χ4n) is 2.49. The molecule has 0 radical (unpaired) electrons. The highest BCUT2D eigenvalue weighted by molar-refractivity contribution is 5.79. The molecule has 0 amide bonds. The van der Waals surface area contributed by atoms with Crippen molar-refractivity contribution in [3.63, 3.8) is 0 Å². The summed E-state index contributed by atoms with van der Waals surface area (Å²) in [4.78, 5) is 6.51. The Morgan fingerprint density at radius 3 is 3.00 bits per heavy atom. The van der Waals surface area contributed by atoms with Gasteiger partial charge in [-0.1, -0.05) is 11.6 Å². The van der Waals surface area contributed by atoms with Gasteiger partial charge in [0.05, 0.1) is 19.8 Å². The van der Waals surface area contributed by atoms with Crippen molar-refractivity contribution in [3.05, 3.63) is 35.7 Å². The number of rotatable bonds is 5. The van der Waals surface area contributed by atoms with E-state index in [4.69, 9.17) is 4.74 Å². The number of aryl methyl sites for hydroxylation is 1. The summed E-state index contributed by atoms with van der Waals surface area (Å²) >= 11 is 0. The molecule has 0 unspecified atom stereocenters. The van der Waals surface area contributed by atoms with Gasteiger partial charge in [-0.2, -0.15) is 0 Å². The molecule has 1 aromatic heterocycles. The topological polar surface area (TPSA) is 41.8 Å². The van der Waals surface area contributed by atoms with Crippen LogP contribution in [0.2, 0.25) is 0 Å². The monoisotopic (exact) mass is 290 g/mol. The summed E-state index contributed by atoms with van der Waals surface area (Å²) in [6.07, 6.45) is 6.37. The molecule has 0 saturated heterocycles. The standard InChI is InChI=1S/C16H26N4O/c1-17-16(18-9-6-14-7-11-21-12-8-14)20(3)13-15-5-4-10-19(15)2/h4-5,7,10H,6,8-9,11-13H2,1-3H3,(H,17,18). The molecule has 116 valence electrons. The first-order valence-corrected chi connectivity index (χ1v) is 7.48. The summed E-state index contributed by atoms with van der Waals surface area (Å²) in [5.74, 6) is 0.934. The van der Waals surface area contributed by atoms with E-state index in [1.807, 2.05) is 7.05 Å². The molecule has 2 heterocycles. The van der Waals surface area contributed by atoms with Gasteiger partial charge in [0.1, 0.15) is 0 Å². The van der Waals surface area contributed by atoms with Crippen LogP contribution in [0.5, 0.6) is 0 Å². The minimum atomic E-state index is 0.761. The van der Waals surface area contributed by atoms with Crippen molar-refractivity contribution in [1.82, 2.24) is 14.8 Å². The second kappa shape index (κ2) is 7.88. The van der Waals surface area contributed by atoms with Crippen LogP contribution in [0.4, 0.5) is 0 Å². The van der Waals surface area contributed by atoms with Gasteiger partial charge in [0.2, 0.25) is 0 Å². The van der Waals surface area contributed by atoms with Gasteiger partial charge in [0, 0.05) is 39.6 Å². The maximum Gasteiger partial charge on any atom is 0.193 e. The van der Waals surface area contributed by atoms with Crippen LogP contribution in [-0.4, -0.2) is 49.3 Å². The lowest BCUT2D eigenvalue weighted by atomic mass is 10.1. The van der Waals surface area contributed by atoms with Gasteiger partial charge < -0.3 is 19.5 Å². The van der Waals surface area contributed by atoms with Crippen molar-refractivity contribution >= 4 is 5.96 Å². The molecule has 0 aromatic carbocycles. The normalized spacial score (nSPS) is 15.8. The first kappa shape index (κ1) is 15.6. The number of ether oxygens (including phenoxy) is 1. The van der Waals surface area contributed by atoms with Crippen LogP contribution in [-0.2, 0) is 18.3 Å². The molecule has 1 N–H and O–H groups in total. The molecule has 5 heteroatoms. The zero-order valence-corrected chi connectivity index (χ0v) is 13.3. The molecule has 1 aliphatic heterocycles. The third-order valence-electron chi connectivity index (χ3n) is 3.81. The molecule has 1 aliphatic rings. The Labute approximate surface area is 127 Å². The van der Waals surface area contributed by atoms with E-state index in [1.165, 1.54) is 11.3 Å². The largest absolute Gasteiger partial charge is 0.377 e. The Bertz CT molecular complexity index is 504. The maximum absolute atomic E-state index is 5.33. The number of aliphatic imine (C=N–C) groups is 1. The molecule has 0 saturated carbocycles. The summed E-state index contributed by atoms with van der Waals surface area (Å²) in [6, 6.07) is 4.20. The molecule has 0 atom stereocenters. The second-order valence-electron chi connectivity index (χ2n) is 5.38. The molecule has 2 rings (SSSR count). The SMILES string of the molecule is CN=C(NCCC1=CCOCC1)N(C)Cc1cccn1C. The van der Waals surface area contributed by atoms with Crippen molar-refractivity contribution in [2.24, 2.45) is 12.0 Å². The fraction of sp³-hybridized carbons (Fsp3) is 0.562. The van der Waals surface area contributed by atoms with E-state index in [9.17, 15) is 0 Å². The van der Waals surface area contributed by atoms with Crippen molar-refractivity contribution in [2.75, 3.05) is 33.9 Å². The Morgan fingerprint density at radius 1 is 1.52 bits per heavy atom. The third kappa shape index (κ3) is 4.63. The smallest absolute Gasteiger partial charge is 0.193 e. The van der Waals surface area contributed by atoms with Crippen LogP contribution >= 0.6 is 0 Å². The number of hydrogen-bond acceptors (Lipinski definition) is 2. The van der Waals surface area contributed by atoms with Crippen molar-refractivity contribution in [1.29, 1.82) is 0 Å². The Morgan fingerprint density at radius 2 is 2.38 bits per heavy atom. The van der Waals surface area contributed by atoms with E-state index in [0.717, 1.165) is 45.1 Å². The van der Waals surface area contributed by atoms with Crippen LogP contribution in [0.1, 0.15) is 18.5 Å². The van der Waals surface area contributed by atoms with Crippen LogP contribution in [0.25, 0.3) is 0 Å². The highest BCUT2D eigenvalue weighted by atomic mass is 16.5. The van der Waals surface area contributed by atoms with Gasteiger partial charge >= 0.3 is 0 Å². The molecule has 0 aliphatic carbocycles. The quantitative estimate of drug-likeness (QED) is 0.510. The third-order valence-corrected chi connectivity index (χ3v) is 3.81. The van der Waals surface area contributed by atoms with E-state index in [2.05, 4.69) is 58.3 Å². The molecule has 0 fully saturated rings. The molecule has 21 heavy (non-hydrogen) atoms. The van der Waals surface area contributed by atoms with E-state index in [1.54, 1.807) is 0 Å². The summed E-state index contributed by atoms with van der Waals surface area (Å²) < 4.78 is 7.46. The highest BCUT2D eigenvalue weighted by Gasteiger charge is 2.09. The number of aromatic nitrogens is 1. The van der Waals surface area contributed by atoms with Crippen LogP contribution < -0.4 is 5.32 Å². The summed E-state index contributed by atoms with van der Waals surface area (Å²) in [7, 11) is 5.96. The lowest BCUT2D eigenvalue weighted by Crippen LogP contribution is -2.39. The summed E-state index contributed by atoms with van der Waals surface area (Å²) in [5.41, 5.74) is 2.75. The lowest BCUT2D eigenvalue weighted by Gasteiger charge is -2.23. The summed E-state index contributed by atoms with van der Waals surface area (Å²) in [5, 5.41) is 3.43. The summed E-state index contributed by atoms with van der Waals surface area (Å²) in [6.45, 7) is 3.38. The van der Waals surface area contributed by atoms with E-state index in [0.29, 0.717) is 0 Å². The second-order valence-corrected chi connectivity index (χ2v) is 5.38. The first-order chi connectivity index (χ1) is 10.2. The molecule has 1 aromatic rings. The number of guanidine groups is 1. The van der Waals surface area contributed by atoms with Crippen LogP contribution in [0.3, 0.4) is 0 Å². The number of nitrogens with zero attached hydrogens (tertiary/aromatic N) is 3. The van der Waals surface area contributed by atoms with Gasteiger partial charge in [-0.25, -0.2) is 0 Å². The van der Waals surface area contributed by atoms with Crippen molar-refractivity contribution in [2.45, 2.75) is 19.4 Å². The van der Waals surface area contributed by atoms with Gasteiger partial charge in [0.25, 0.3) is 0 Å². The molecular formula is C16H26N4O. The van der Waals surface area contributed by atoms with Gasteiger partial charge in [-0.3, -0.25) is 4.99 Å². The average molecular weight is 290 g/mol.